The number of rotatable bonds is 12. The van der Waals surface area contributed by atoms with Crippen LogP contribution in [0.25, 0.3) is 6.08 Å². The third kappa shape index (κ3) is 6.47. The predicted octanol–water partition coefficient (Wildman–Crippen LogP) is 4.16. The second-order valence-electron chi connectivity index (χ2n) is 8.81. The van der Waals surface area contributed by atoms with Gasteiger partial charge in [-0.2, -0.15) is 0 Å². The number of hydrogen-bond donors (Lipinski definition) is 0. The fraction of sp³-hybridized carbons (Fsp3) is 0.300. The van der Waals surface area contributed by atoms with Crippen molar-refractivity contribution in [2.75, 3.05) is 40.6 Å². The van der Waals surface area contributed by atoms with Gasteiger partial charge in [-0.1, -0.05) is 42.2 Å². The Bertz CT molecular complexity index is 1660. The zero-order valence-electron chi connectivity index (χ0n) is 23.3. The van der Waals surface area contributed by atoms with Gasteiger partial charge in [0.2, 0.25) is 0 Å². The van der Waals surface area contributed by atoms with Gasteiger partial charge in [0.1, 0.15) is 25.0 Å². The number of allylic oxidation sites excluding steroid dienone is 1. The average Bonchev–Trinajstić information content (AvgIpc) is 3.26. The molecule has 0 radical (unpaired) electrons. The molecule has 2 heterocycles. The van der Waals surface area contributed by atoms with E-state index in [4.69, 9.17) is 23.7 Å². The van der Waals surface area contributed by atoms with Gasteiger partial charge in [0.25, 0.3) is 5.56 Å². The summed E-state index contributed by atoms with van der Waals surface area (Å²) in [6, 6.07) is 10.1. The van der Waals surface area contributed by atoms with Crippen LogP contribution < -0.4 is 29.1 Å². The van der Waals surface area contributed by atoms with Gasteiger partial charge >= 0.3 is 5.97 Å². The Labute approximate surface area is 250 Å². The number of esters is 1. The molecule has 0 saturated heterocycles. The van der Waals surface area contributed by atoms with Crippen LogP contribution >= 0.6 is 27.3 Å². The van der Waals surface area contributed by atoms with Crippen LogP contribution in [0.15, 0.2) is 74.6 Å². The van der Waals surface area contributed by atoms with E-state index in [0.29, 0.717) is 51.1 Å². The Morgan fingerprint density at radius 3 is 2.66 bits per heavy atom. The van der Waals surface area contributed by atoms with Crippen molar-refractivity contribution < 1.29 is 28.5 Å². The third-order valence-electron chi connectivity index (χ3n) is 6.19. The zero-order valence-corrected chi connectivity index (χ0v) is 25.7. The van der Waals surface area contributed by atoms with E-state index in [1.54, 1.807) is 38.3 Å². The number of ether oxygens (including phenoxy) is 5. The van der Waals surface area contributed by atoms with Crippen LogP contribution in [-0.2, 0) is 14.3 Å². The number of hydrogen-bond acceptors (Lipinski definition) is 9. The molecule has 2 aromatic carbocycles. The summed E-state index contributed by atoms with van der Waals surface area (Å²) in [5.41, 5.74) is 1.75. The molecule has 216 valence electrons. The number of fused-ring (bicyclic) bond motifs is 1. The van der Waals surface area contributed by atoms with Gasteiger partial charge in [0.05, 0.1) is 40.6 Å². The lowest BCUT2D eigenvalue weighted by Gasteiger charge is -2.27. The number of methoxy groups -OCH3 is 2. The summed E-state index contributed by atoms with van der Waals surface area (Å²) in [5, 5.41) is 0. The van der Waals surface area contributed by atoms with E-state index < -0.39 is 12.0 Å². The number of nitrogens with zero attached hydrogens (tertiary/aromatic N) is 2. The van der Waals surface area contributed by atoms with Crippen molar-refractivity contribution in [2.45, 2.75) is 19.9 Å². The quantitative estimate of drug-likeness (QED) is 0.166. The Kier molecular flexibility index (Phi) is 10.2. The molecular formula is C30H31BrN2O7S. The van der Waals surface area contributed by atoms with Crippen molar-refractivity contribution in [3.05, 3.63) is 95.6 Å². The van der Waals surface area contributed by atoms with Crippen LogP contribution in [0.1, 0.15) is 31.0 Å². The lowest BCUT2D eigenvalue weighted by Crippen LogP contribution is -2.40. The summed E-state index contributed by atoms with van der Waals surface area (Å²) < 4.78 is 30.5. The molecule has 0 aliphatic carbocycles. The van der Waals surface area contributed by atoms with E-state index >= 15 is 0 Å². The average molecular weight is 644 g/mol. The molecule has 4 rings (SSSR count). The molecule has 1 atom stereocenters. The summed E-state index contributed by atoms with van der Waals surface area (Å²) in [7, 11) is 3.07. The van der Waals surface area contributed by atoms with Crippen LogP contribution in [0.5, 0.6) is 17.2 Å². The topological polar surface area (TPSA) is 97.6 Å². The highest BCUT2D eigenvalue weighted by molar-refractivity contribution is 9.10. The molecule has 9 nitrogen and oxygen atoms in total. The smallest absolute Gasteiger partial charge is 0.338 e. The monoisotopic (exact) mass is 642 g/mol. The normalized spacial score (nSPS) is 14.8. The van der Waals surface area contributed by atoms with Crippen molar-refractivity contribution in [3.8, 4) is 17.2 Å². The number of carbonyl (C=O) groups is 1. The summed E-state index contributed by atoms with van der Waals surface area (Å²) in [5.74, 6) is 0.994. The van der Waals surface area contributed by atoms with E-state index in [1.165, 1.54) is 23.0 Å². The lowest BCUT2D eigenvalue weighted by molar-refractivity contribution is -0.140. The Balaban J connectivity index is 1.91. The SMILES string of the molecule is C=CCOc1ccc(/C=c2/sc3n(c2=O)[C@@H](c2cccc(OC)c2OCC)C(C(=O)OCCOC)=C(C)N=3)cc1Br. The number of aromatic nitrogens is 1. The van der Waals surface area contributed by atoms with Gasteiger partial charge in [-0.05, 0) is 59.6 Å². The van der Waals surface area contributed by atoms with Gasteiger partial charge in [0.15, 0.2) is 16.3 Å². The molecule has 11 heteroatoms. The molecule has 41 heavy (non-hydrogen) atoms. The minimum atomic E-state index is -0.860. The predicted molar refractivity (Wildman–Crippen MR) is 161 cm³/mol. The molecule has 1 aliphatic heterocycles. The number of carbonyl (C=O) groups excluding carboxylic acids is 1. The van der Waals surface area contributed by atoms with Gasteiger partial charge in [-0.25, -0.2) is 9.79 Å². The third-order valence-corrected chi connectivity index (χ3v) is 7.79. The first-order valence-electron chi connectivity index (χ1n) is 12.9. The summed E-state index contributed by atoms with van der Waals surface area (Å²) in [6.07, 6.45) is 3.45. The molecule has 0 unspecified atom stereocenters. The van der Waals surface area contributed by atoms with Crippen LogP contribution in [0, 0.1) is 0 Å². The molecule has 0 spiro atoms. The van der Waals surface area contributed by atoms with Crippen molar-refractivity contribution in [2.24, 2.45) is 4.99 Å². The molecule has 0 amide bonds. The molecule has 0 N–H and O–H groups in total. The van der Waals surface area contributed by atoms with Gasteiger partial charge in [-0.15, -0.1) is 0 Å². The molecule has 3 aromatic rings. The molecule has 0 saturated carbocycles. The fourth-order valence-corrected chi connectivity index (χ4v) is 5.96. The minimum absolute atomic E-state index is 0.0566. The Morgan fingerprint density at radius 2 is 1.98 bits per heavy atom. The van der Waals surface area contributed by atoms with Gasteiger partial charge < -0.3 is 23.7 Å². The van der Waals surface area contributed by atoms with Crippen LogP contribution in [0.3, 0.4) is 0 Å². The first kappa shape index (κ1) is 30.3. The largest absolute Gasteiger partial charge is 0.493 e. The molecule has 0 fully saturated rings. The number of benzene rings is 2. The highest BCUT2D eigenvalue weighted by Gasteiger charge is 2.36. The maximum atomic E-state index is 14.0. The van der Waals surface area contributed by atoms with E-state index in [0.717, 1.165) is 10.0 Å². The van der Waals surface area contributed by atoms with Crippen molar-refractivity contribution >= 4 is 39.3 Å². The summed E-state index contributed by atoms with van der Waals surface area (Å²) in [6.45, 7) is 8.28. The van der Waals surface area contributed by atoms with Crippen molar-refractivity contribution in [3.63, 3.8) is 0 Å². The molecule has 0 bridgehead atoms. The minimum Gasteiger partial charge on any atom is -0.493 e. The zero-order chi connectivity index (χ0) is 29.5. The van der Waals surface area contributed by atoms with Gasteiger partial charge in [-0.3, -0.25) is 9.36 Å². The second-order valence-corrected chi connectivity index (χ2v) is 10.7. The molecule has 1 aromatic heterocycles. The first-order chi connectivity index (χ1) is 19.8. The maximum absolute atomic E-state index is 14.0. The van der Waals surface area contributed by atoms with E-state index in [2.05, 4.69) is 27.5 Å². The fourth-order valence-electron chi connectivity index (χ4n) is 4.40. The van der Waals surface area contributed by atoms with Crippen LogP contribution in [0.4, 0.5) is 0 Å². The van der Waals surface area contributed by atoms with E-state index in [-0.39, 0.29) is 24.3 Å². The molecule has 1 aliphatic rings. The standard InChI is InChI=1S/C30H31BrN2O7S/c1-6-13-39-22-12-11-19(16-21(22)31)17-24-28(34)33-26(20-9-8-10-23(37-5)27(20)38-7-2)25(18(3)32-30(33)41-24)29(35)40-15-14-36-4/h6,8-12,16-17,26H,1,7,13-15H2,2-5H3/b24-17+/t26-/m0/s1. The number of halogens is 1. The van der Waals surface area contributed by atoms with Crippen LogP contribution in [0.2, 0.25) is 0 Å². The first-order valence-corrected chi connectivity index (χ1v) is 14.5. The number of para-hydroxylation sites is 1. The summed E-state index contributed by atoms with van der Waals surface area (Å²) >= 11 is 4.77. The highest BCUT2D eigenvalue weighted by Crippen LogP contribution is 2.40. The Hall–Kier alpha value is -3.67. The van der Waals surface area contributed by atoms with Crippen molar-refractivity contribution in [1.29, 1.82) is 0 Å². The second kappa shape index (κ2) is 13.8. The van der Waals surface area contributed by atoms with E-state index in [9.17, 15) is 9.59 Å². The van der Waals surface area contributed by atoms with E-state index in [1.807, 2.05) is 31.2 Å². The van der Waals surface area contributed by atoms with Gasteiger partial charge in [0, 0.05) is 12.7 Å². The van der Waals surface area contributed by atoms with Crippen LogP contribution in [-0.4, -0.2) is 51.2 Å². The summed E-state index contributed by atoms with van der Waals surface area (Å²) in [4.78, 5) is 32.6. The Morgan fingerprint density at radius 1 is 1.17 bits per heavy atom. The molecular weight excluding hydrogens is 612 g/mol. The maximum Gasteiger partial charge on any atom is 0.338 e. The number of thiazole rings is 1. The lowest BCUT2D eigenvalue weighted by atomic mass is 9.94. The highest BCUT2D eigenvalue weighted by atomic mass is 79.9. The van der Waals surface area contributed by atoms with Crippen molar-refractivity contribution in [1.82, 2.24) is 4.57 Å².